The van der Waals surface area contributed by atoms with Crippen molar-refractivity contribution in [1.82, 2.24) is 9.97 Å². The zero-order chi connectivity index (χ0) is 21.9. The van der Waals surface area contributed by atoms with Gasteiger partial charge in [0.05, 0.1) is 19.8 Å². The predicted octanol–water partition coefficient (Wildman–Crippen LogP) is 3.65. The highest BCUT2D eigenvalue weighted by atomic mass is 19.1. The lowest BCUT2D eigenvalue weighted by molar-refractivity contribution is -0.0502. The Labute approximate surface area is 184 Å². The molecule has 0 aliphatic carbocycles. The lowest BCUT2D eigenvalue weighted by Crippen LogP contribution is -2.44. The van der Waals surface area contributed by atoms with E-state index in [0.29, 0.717) is 49.0 Å². The van der Waals surface area contributed by atoms with Crippen LogP contribution in [0.25, 0.3) is 11.1 Å². The molecule has 2 N–H and O–H groups in total. The normalized spacial score (nSPS) is 22.6. The maximum atomic E-state index is 14.4. The number of nitrogens with two attached hydrogens (primary N) is 1. The maximum Gasteiger partial charge on any atom is 0.283 e. The van der Waals surface area contributed by atoms with Crippen molar-refractivity contribution < 1.29 is 18.6 Å². The maximum absolute atomic E-state index is 14.4. The highest BCUT2D eigenvalue weighted by molar-refractivity contribution is 5.76. The number of aliphatic imine (C=N–C) groups is 1. The molecule has 0 amide bonds. The fourth-order valence-electron chi connectivity index (χ4n) is 4.66. The molecule has 2 aromatic heterocycles. The largest absolute Gasteiger partial charge is 0.465 e. The molecule has 6 rings (SSSR count). The summed E-state index contributed by atoms with van der Waals surface area (Å²) < 4.78 is 31.5. The fourth-order valence-corrected chi connectivity index (χ4v) is 4.66. The van der Waals surface area contributed by atoms with Crippen molar-refractivity contribution in [3.63, 3.8) is 0 Å². The van der Waals surface area contributed by atoms with Gasteiger partial charge in [0.15, 0.2) is 0 Å². The predicted molar refractivity (Wildman–Crippen MR) is 115 cm³/mol. The number of hydrogen-bond acceptors (Lipinski definition) is 7. The highest BCUT2D eigenvalue weighted by Crippen LogP contribution is 2.53. The number of fused-ring (bicyclic) bond motifs is 4. The molecular weight excluding hydrogens is 411 g/mol. The topological polar surface area (TPSA) is 91.9 Å². The third kappa shape index (κ3) is 2.72. The van der Waals surface area contributed by atoms with Crippen LogP contribution in [0.2, 0.25) is 0 Å². The van der Waals surface area contributed by atoms with Crippen molar-refractivity contribution >= 4 is 6.02 Å². The quantitative estimate of drug-likeness (QED) is 0.622. The summed E-state index contributed by atoms with van der Waals surface area (Å²) in [5.41, 5.74) is 8.89. The molecule has 1 spiro atoms. The van der Waals surface area contributed by atoms with Gasteiger partial charge in [-0.3, -0.25) is 0 Å². The number of aromatic nitrogens is 2. The van der Waals surface area contributed by atoms with Gasteiger partial charge in [0.1, 0.15) is 11.3 Å². The van der Waals surface area contributed by atoms with Crippen LogP contribution >= 0.6 is 0 Å². The fraction of sp³-hybridized carbons (Fsp3) is 0.292. The molecule has 3 aromatic rings. The Hall–Kier alpha value is -3.52. The van der Waals surface area contributed by atoms with Crippen LogP contribution in [0.15, 0.2) is 53.8 Å². The second-order valence-electron chi connectivity index (χ2n) is 8.69. The van der Waals surface area contributed by atoms with Gasteiger partial charge in [0, 0.05) is 40.9 Å². The Morgan fingerprint density at radius 1 is 1.09 bits per heavy atom. The monoisotopic (exact) mass is 432 g/mol. The lowest BCUT2D eigenvalue weighted by Gasteiger charge is -2.42. The number of hydrogen-bond donors (Lipinski definition) is 1. The zero-order valence-corrected chi connectivity index (χ0v) is 17.5. The molecule has 1 aromatic carbocycles. The Morgan fingerprint density at radius 3 is 2.72 bits per heavy atom. The van der Waals surface area contributed by atoms with Crippen molar-refractivity contribution in [2.75, 3.05) is 19.8 Å². The number of halogens is 1. The minimum absolute atomic E-state index is 0.107. The van der Waals surface area contributed by atoms with Crippen LogP contribution in [0.4, 0.5) is 4.39 Å². The van der Waals surface area contributed by atoms with Crippen LogP contribution in [0.1, 0.15) is 30.0 Å². The first-order valence-corrected chi connectivity index (χ1v) is 10.5. The molecule has 7 nitrogen and oxygen atoms in total. The summed E-state index contributed by atoms with van der Waals surface area (Å²) in [5, 5.41) is 0. The zero-order valence-electron chi connectivity index (χ0n) is 17.5. The number of benzene rings is 1. The first-order valence-electron chi connectivity index (χ1n) is 10.5. The molecule has 0 bridgehead atoms. The van der Waals surface area contributed by atoms with Crippen LogP contribution in [0, 0.1) is 5.95 Å². The first kappa shape index (κ1) is 19.2. The van der Waals surface area contributed by atoms with Gasteiger partial charge in [-0.15, -0.1) is 0 Å². The SMILES string of the molecule is CC1(c2cnc3c(c2)[C@]2(CCOC(N)=N2)c2cc(-c4cccnc4F)ccc2O3)COC1. The second kappa shape index (κ2) is 6.74. The molecule has 0 unspecified atom stereocenters. The second-order valence-corrected chi connectivity index (χ2v) is 8.69. The van der Waals surface area contributed by atoms with Crippen molar-refractivity contribution in [1.29, 1.82) is 0 Å². The Morgan fingerprint density at radius 2 is 1.97 bits per heavy atom. The van der Waals surface area contributed by atoms with Gasteiger partial charge in [-0.2, -0.15) is 4.39 Å². The number of amidine groups is 1. The number of nitrogens with zero attached hydrogens (tertiary/aromatic N) is 3. The van der Waals surface area contributed by atoms with E-state index in [4.69, 9.17) is 24.9 Å². The van der Waals surface area contributed by atoms with Gasteiger partial charge in [-0.05, 0) is 41.5 Å². The summed E-state index contributed by atoms with van der Waals surface area (Å²) in [6.45, 7) is 3.81. The molecule has 1 saturated heterocycles. The van der Waals surface area contributed by atoms with Gasteiger partial charge < -0.3 is 19.9 Å². The highest BCUT2D eigenvalue weighted by Gasteiger charge is 2.47. The van der Waals surface area contributed by atoms with Crippen LogP contribution in [-0.4, -0.2) is 35.8 Å². The minimum atomic E-state index is -0.843. The van der Waals surface area contributed by atoms with Gasteiger partial charge in [0.25, 0.3) is 6.02 Å². The van der Waals surface area contributed by atoms with E-state index in [1.165, 1.54) is 6.20 Å². The molecule has 5 heterocycles. The van der Waals surface area contributed by atoms with Crippen LogP contribution in [0.5, 0.6) is 11.6 Å². The summed E-state index contributed by atoms with van der Waals surface area (Å²) >= 11 is 0. The summed E-state index contributed by atoms with van der Waals surface area (Å²) in [5.74, 6) is 0.571. The lowest BCUT2D eigenvalue weighted by atomic mass is 9.75. The first-order chi connectivity index (χ1) is 15.5. The molecule has 3 aliphatic rings. The molecule has 32 heavy (non-hydrogen) atoms. The molecule has 162 valence electrons. The summed E-state index contributed by atoms with van der Waals surface area (Å²) in [6.07, 6.45) is 3.82. The summed E-state index contributed by atoms with van der Waals surface area (Å²) in [7, 11) is 0. The molecular formula is C24H21FN4O3. The molecule has 1 fully saturated rings. The van der Waals surface area contributed by atoms with Crippen LogP contribution in [0.3, 0.4) is 0 Å². The van der Waals surface area contributed by atoms with Crippen molar-refractivity contribution in [3.05, 3.63) is 71.4 Å². The Kier molecular flexibility index (Phi) is 4.04. The van der Waals surface area contributed by atoms with Gasteiger partial charge >= 0.3 is 0 Å². The standard InChI is InChI=1S/C24H21FN4O3/c1-23(12-30-13-23)15-10-18-21(28-11-15)32-19-5-4-14(16-3-2-7-27-20(16)25)9-17(19)24(18)6-8-31-22(26)29-24/h2-5,7,9-11H,6,8,12-13H2,1H3,(H2,26,29)/t24-/m0/s1. The molecule has 0 radical (unpaired) electrons. The third-order valence-electron chi connectivity index (χ3n) is 6.55. The van der Waals surface area contributed by atoms with E-state index in [0.717, 1.165) is 16.7 Å². The van der Waals surface area contributed by atoms with E-state index < -0.39 is 11.5 Å². The van der Waals surface area contributed by atoms with Crippen molar-refractivity contribution in [3.8, 4) is 22.8 Å². The molecule has 1 atom stereocenters. The average molecular weight is 432 g/mol. The van der Waals surface area contributed by atoms with Gasteiger partial charge in [-0.25, -0.2) is 15.0 Å². The van der Waals surface area contributed by atoms with Gasteiger partial charge in [0.2, 0.25) is 11.8 Å². The van der Waals surface area contributed by atoms with E-state index in [-0.39, 0.29) is 11.4 Å². The van der Waals surface area contributed by atoms with Crippen molar-refractivity contribution in [2.45, 2.75) is 24.3 Å². The number of rotatable bonds is 2. The van der Waals surface area contributed by atoms with E-state index in [1.807, 2.05) is 24.4 Å². The third-order valence-corrected chi connectivity index (χ3v) is 6.55. The molecule has 3 aliphatic heterocycles. The van der Waals surface area contributed by atoms with Gasteiger partial charge in [-0.1, -0.05) is 13.0 Å². The summed E-state index contributed by atoms with van der Waals surface area (Å²) in [6, 6.07) is 11.1. The van der Waals surface area contributed by atoms with E-state index in [2.05, 4.69) is 23.0 Å². The van der Waals surface area contributed by atoms with E-state index >= 15 is 0 Å². The van der Waals surface area contributed by atoms with E-state index in [9.17, 15) is 4.39 Å². The van der Waals surface area contributed by atoms with E-state index in [1.54, 1.807) is 12.1 Å². The number of pyridine rings is 2. The van der Waals surface area contributed by atoms with Crippen LogP contribution < -0.4 is 10.5 Å². The molecule has 0 saturated carbocycles. The van der Waals surface area contributed by atoms with Crippen LogP contribution in [-0.2, 0) is 20.4 Å². The number of ether oxygens (including phenoxy) is 3. The minimum Gasteiger partial charge on any atom is -0.465 e. The smallest absolute Gasteiger partial charge is 0.283 e. The molecule has 8 heteroatoms. The Balaban J connectivity index is 1.57. The van der Waals surface area contributed by atoms with Crippen molar-refractivity contribution in [2.24, 2.45) is 10.7 Å². The average Bonchev–Trinajstić information content (AvgIpc) is 2.78. The Bertz CT molecular complexity index is 1270. The summed E-state index contributed by atoms with van der Waals surface area (Å²) in [4.78, 5) is 13.2.